The van der Waals surface area contributed by atoms with Crippen molar-refractivity contribution in [2.45, 2.75) is 10.8 Å². The van der Waals surface area contributed by atoms with E-state index in [-0.39, 0.29) is 0 Å². The number of furan rings is 2. The minimum absolute atomic E-state index is 0.533. The van der Waals surface area contributed by atoms with E-state index in [0.29, 0.717) is 34.9 Å². The first-order chi connectivity index (χ1) is 71.8. The summed E-state index contributed by atoms with van der Waals surface area (Å²) in [4.78, 5) is 34.5. The lowest BCUT2D eigenvalue weighted by Gasteiger charge is -2.33. The van der Waals surface area contributed by atoms with E-state index in [2.05, 4.69) is 460 Å². The van der Waals surface area contributed by atoms with Gasteiger partial charge < -0.3 is 13.4 Å². The lowest BCUT2D eigenvalue weighted by Crippen LogP contribution is -2.28. The van der Waals surface area contributed by atoms with E-state index in [0.717, 1.165) is 202 Å². The molecule has 28 aromatic rings. The number of rotatable bonds is 15. The van der Waals surface area contributed by atoms with Crippen LogP contribution in [-0.2, 0) is 10.8 Å². The summed E-state index contributed by atoms with van der Waals surface area (Å²) in [6, 6.07) is 174. The normalized spacial score (nSPS) is 12.9. The van der Waals surface area contributed by atoms with Crippen LogP contribution in [-0.4, -0.2) is 34.5 Å². The molecule has 7 aromatic heterocycles. The van der Waals surface area contributed by atoms with Crippen molar-refractivity contribution < 1.29 is 8.83 Å². The number of fused-ring (bicyclic) bond motifs is 21. The lowest BCUT2D eigenvalue weighted by atomic mass is 9.67. The molecular weight excluding hydrogens is 1800 g/mol. The number of aromatic nitrogens is 7. The van der Waals surface area contributed by atoms with Crippen molar-refractivity contribution >= 4 is 129 Å². The standard InChI is InChI=1S/C134H79N7O2S2/c1-5-34-89(35-6-1)133(90-36-7-2-8-37-90)110-55-20-13-47-102(110)123-104(51-30-57-112(123)133)129-135-127(136-131(139-129)106-53-28-49-100-98-46-19-26-63-121(98)144-125(100)106)85-33-27-32-80(72-85)83-64-68-95-94-43-16-23-60-115(94)141(116(95)78-83)114-59-22-15-42-93(114)84-65-69-99-101-50-29-54-107(126(101)145-122(99)79-84)132-138-128(137-130(140-132)105-52-31-58-113-124(105)103-48-14-21-56-111(103)134(113,91-38-9-3-10-39-91)92-40-11-4-12-41-92)88-74-86(81-66-70-119-108(76-81)96-44-17-24-61-117(96)142-119)73-87(75-88)82-67-71-120-109(77-82)97-45-18-25-62-118(97)143-120/h1-79H. The minimum atomic E-state index is -0.683. The van der Waals surface area contributed by atoms with Crippen LogP contribution in [0.2, 0.25) is 0 Å². The van der Waals surface area contributed by atoms with E-state index in [9.17, 15) is 0 Å². The zero-order valence-electron chi connectivity index (χ0n) is 77.9. The largest absolute Gasteiger partial charge is 0.456 e. The van der Waals surface area contributed by atoms with Crippen molar-refractivity contribution in [2.24, 2.45) is 0 Å². The molecule has 0 atom stereocenters. The van der Waals surface area contributed by atoms with Crippen LogP contribution in [0.3, 0.4) is 0 Å². The number of nitrogens with zero attached hydrogens (tertiary/aromatic N) is 7. The molecule has 0 saturated heterocycles. The van der Waals surface area contributed by atoms with Gasteiger partial charge in [-0.1, -0.05) is 376 Å². The highest BCUT2D eigenvalue weighted by Crippen LogP contribution is 2.61. The average molecular weight is 1880 g/mol. The van der Waals surface area contributed by atoms with Crippen molar-refractivity contribution in [2.75, 3.05) is 0 Å². The first kappa shape index (κ1) is 82.4. The zero-order valence-corrected chi connectivity index (χ0v) is 79.5. The molecule has 2 aliphatic carbocycles. The first-order valence-corrected chi connectivity index (χ1v) is 50.8. The quantitative estimate of drug-likeness (QED) is 0.0999. The van der Waals surface area contributed by atoms with E-state index in [1.165, 1.54) is 54.4 Å². The molecule has 0 spiro atoms. The van der Waals surface area contributed by atoms with Gasteiger partial charge in [-0.25, -0.2) is 29.9 Å². The maximum atomic E-state index is 6.49. The van der Waals surface area contributed by atoms with Crippen molar-refractivity contribution in [1.29, 1.82) is 0 Å². The SMILES string of the molecule is c1ccc(C2(c3ccccc3)c3ccccc3-c3c(-c4nc(-c5cccc(-c6ccc7c8ccccc8n(-c8ccccc8-c8ccc9c(c8)sc8c(-c%10nc(-c%11cc(-c%12ccc%13oc%14ccccc%14c%13c%12)cc(-c%12ccc%13oc%14ccccc%14c%13c%12)c%11)nc(-c%11cccc%12c%11-c%11ccccc%11C%12(c%11ccccc%11)c%11ccccc%11)n%10)cccc89)c7c6)c5)nc(-c5cccc6c5sc5ccccc56)n4)cccc32)cc1. The third kappa shape index (κ3) is 12.7. The predicted octanol–water partition coefficient (Wildman–Crippen LogP) is 35.1. The molecule has 11 heteroatoms. The van der Waals surface area contributed by atoms with Gasteiger partial charge >= 0.3 is 0 Å². The molecule has 674 valence electrons. The lowest BCUT2D eigenvalue weighted by molar-refractivity contribution is 0.668. The Morgan fingerprint density at radius 2 is 0.538 bits per heavy atom. The fourth-order valence-corrected chi connectivity index (χ4v) is 26.4. The molecule has 21 aromatic carbocycles. The fourth-order valence-electron chi connectivity index (χ4n) is 24.0. The minimum Gasteiger partial charge on any atom is -0.456 e. The molecule has 0 fully saturated rings. The molecule has 0 radical (unpaired) electrons. The van der Waals surface area contributed by atoms with E-state index in [4.69, 9.17) is 38.7 Å². The van der Waals surface area contributed by atoms with Crippen LogP contribution in [0.4, 0.5) is 0 Å². The molecule has 9 nitrogen and oxygen atoms in total. The summed E-state index contributed by atoms with van der Waals surface area (Å²) in [7, 11) is 0. The van der Waals surface area contributed by atoms with Crippen LogP contribution >= 0.6 is 22.7 Å². The second-order valence-corrected chi connectivity index (χ2v) is 40.1. The molecule has 0 amide bonds. The Hall–Kier alpha value is -18.5. The van der Waals surface area contributed by atoms with Gasteiger partial charge in [0.1, 0.15) is 22.3 Å². The van der Waals surface area contributed by atoms with E-state index >= 15 is 0 Å². The number of para-hydroxylation sites is 4. The highest BCUT2D eigenvalue weighted by atomic mass is 32.1. The van der Waals surface area contributed by atoms with E-state index in [1.807, 2.05) is 24.3 Å². The highest BCUT2D eigenvalue weighted by molar-refractivity contribution is 7.26. The average Bonchev–Trinajstić information content (AvgIpc) is 1.54. The maximum Gasteiger partial charge on any atom is 0.165 e. The van der Waals surface area contributed by atoms with Crippen molar-refractivity contribution in [3.63, 3.8) is 0 Å². The Bertz CT molecular complexity index is 10100. The van der Waals surface area contributed by atoms with Gasteiger partial charge in [0.05, 0.1) is 27.6 Å². The van der Waals surface area contributed by atoms with Crippen LogP contribution in [0.15, 0.2) is 488 Å². The van der Waals surface area contributed by atoms with Gasteiger partial charge in [-0.15, -0.1) is 22.7 Å². The maximum absolute atomic E-state index is 6.49. The summed E-state index contributed by atoms with van der Waals surface area (Å²) in [5, 5.41) is 11.1. The van der Waals surface area contributed by atoms with Gasteiger partial charge in [0.15, 0.2) is 34.9 Å². The monoisotopic (exact) mass is 1880 g/mol. The topological polar surface area (TPSA) is 109 Å². The Morgan fingerprint density at radius 3 is 1.10 bits per heavy atom. The summed E-state index contributed by atoms with van der Waals surface area (Å²) in [5.41, 5.74) is 32.9. The molecule has 145 heavy (non-hydrogen) atoms. The van der Waals surface area contributed by atoms with Crippen LogP contribution in [0, 0.1) is 0 Å². The Morgan fingerprint density at radius 1 is 0.186 bits per heavy atom. The molecule has 0 saturated carbocycles. The molecule has 30 rings (SSSR count). The second kappa shape index (κ2) is 32.5. The molecule has 7 heterocycles. The van der Waals surface area contributed by atoms with Gasteiger partial charge in [-0.2, -0.15) is 0 Å². The smallest absolute Gasteiger partial charge is 0.165 e. The van der Waals surface area contributed by atoms with Gasteiger partial charge in [0.25, 0.3) is 0 Å². The summed E-state index contributed by atoms with van der Waals surface area (Å²) in [6.45, 7) is 0. The van der Waals surface area contributed by atoms with Crippen LogP contribution < -0.4 is 0 Å². The molecule has 0 unspecified atom stereocenters. The van der Waals surface area contributed by atoms with Gasteiger partial charge in [0, 0.05) is 112 Å². The second-order valence-electron chi connectivity index (χ2n) is 38.0. The van der Waals surface area contributed by atoms with Crippen LogP contribution in [0.1, 0.15) is 44.5 Å². The fraction of sp³-hybridized carbons (Fsp3) is 0.0149. The van der Waals surface area contributed by atoms with Gasteiger partial charge in [-0.05, 0) is 209 Å². The van der Waals surface area contributed by atoms with Crippen molar-refractivity contribution in [3.05, 3.63) is 524 Å². The van der Waals surface area contributed by atoms with E-state index in [1.54, 1.807) is 22.7 Å². The number of thiophene rings is 2. The molecule has 0 bridgehead atoms. The molecular formula is C134H79N7O2S2. The Balaban J connectivity index is 0.569. The Labute approximate surface area is 841 Å². The third-order valence-electron chi connectivity index (χ3n) is 30.3. The highest BCUT2D eigenvalue weighted by Gasteiger charge is 2.49. The number of hydrogen-bond acceptors (Lipinski definition) is 10. The number of hydrogen-bond donors (Lipinski definition) is 0. The van der Waals surface area contributed by atoms with Crippen molar-refractivity contribution in [1.82, 2.24) is 34.5 Å². The summed E-state index contributed by atoms with van der Waals surface area (Å²) < 4.78 is 20.0. The van der Waals surface area contributed by atoms with Gasteiger partial charge in [0.2, 0.25) is 0 Å². The predicted molar refractivity (Wildman–Crippen MR) is 597 cm³/mol. The van der Waals surface area contributed by atoms with Gasteiger partial charge in [-0.3, -0.25) is 0 Å². The molecule has 2 aliphatic rings. The summed E-state index contributed by atoms with van der Waals surface area (Å²) >= 11 is 3.56. The molecule has 0 N–H and O–H groups in total. The van der Waals surface area contributed by atoms with Crippen LogP contribution in [0.5, 0.6) is 0 Å². The summed E-state index contributed by atoms with van der Waals surface area (Å²) in [6.07, 6.45) is 0. The number of benzene rings is 21. The summed E-state index contributed by atoms with van der Waals surface area (Å²) in [5.74, 6) is 3.44. The zero-order chi connectivity index (χ0) is 95.1. The van der Waals surface area contributed by atoms with Crippen LogP contribution in [0.25, 0.3) is 247 Å². The Kier molecular flexibility index (Phi) is 18.5. The van der Waals surface area contributed by atoms with E-state index < -0.39 is 10.8 Å². The van der Waals surface area contributed by atoms with Crippen molar-refractivity contribution in [3.8, 4) is 141 Å². The third-order valence-corrected chi connectivity index (χ3v) is 32.7. The molecule has 0 aliphatic heterocycles. The first-order valence-electron chi connectivity index (χ1n) is 49.2.